The Morgan fingerprint density at radius 3 is 2.45 bits per heavy atom. The predicted octanol–water partition coefficient (Wildman–Crippen LogP) is 4.09. The average Bonchev–Trinajstić information content (AvgIpc) is 2.42. The lowest BCUT2D eigenvalue weighted by Gasteiger charge is -2.14. The Hall–Kier alpha value is -1.74. The van der Waals surface area contributed by atoms with Crippen LogP contribution in [-0.4, -0.2) is 16.3 Å². The number of thioether (sulfide) groups is 1. The lowest BCUT2D eigenvalue weighted by Crippen LogP contribution is -2.19. The highest BCUT2D eigenvalue weighted by Gasteiger charge is 2.20. The number of carboxylic acid groups (broad SMARTS) is 1. The van der Waals surface area contributed by atoms with Gasteiger partial charge in [0, 0.05) is 4.90 Å². The molecule has 0 aliphatic carbocycles. The molecule has 0 unspecified atom stereocenters. The molecule has 0 aromatic heterocycles. The maximum absolute atomic E-state index is 11.5. The summed E-state index contributed by atoms with van der Waals surface area (Å²) in [6, 6.07) is 15.9. The molecule has 2 aromatic rings. The molecule has 20 heavy (non-hydrogen) atoms. The fourth-order valence-electron chi connectivity index (χ4n) is 2.12. The molecule has 0 spiro atoms. The summed E-state index contributed by atoms with van der Waals surface area (Å²) in [5.41, 5.74) is 3.46. The fourth-order valence-corrected chi connectivity index (χ4v) is 3.12. The fraction of sp³-hybridized carbons (Fsp3) is 0.235. The zero-order valence-corrected chi connectivity index (χ0v) is 12.5. The van der Waals surface area contributed by atoms with E-state index in [2.05, 4.69) is 6.07 Å². The first-order chi connectivity index (χ1) is 9.56. The monoisotopic (exact) mass is 286 g/mol. The topological polar surface area (TPSA) is 37.3 Å². The molecule has 0 saturated carbocycles. The second kappa shape index (κ2) is 6.62. The molecule has 0 radical (unpaired) electrons. The highest BCUT2D eigenvalue weighted by molar-refractivity contribution is 8.00. The van der Waals surface area contributed by atoms with Gasteiger partial charge in [-0.3, -0.25) is 4.79 Å². The van der Waals surface area contributed by atoms with E-state index in [4.69, 9.17) is 0 Å². The van der Waals surface area contributed by atoms with E-state index in [0.717, 1.165) is 16.0 Å². The molecule has 0 aliphatic heterocycles. The van der Waals surface area contributed by atoms with Gasteiger partial charge in [-0.2, -0.15) is 0 Å². The summed E-state index contributed by atoms with van der Waals surface area (Å²) >= 11 is 1.41. The van der Waals surface area contributed by atoms with Crippen LogP contribution >= 0.6 is 11.8 Å². The van der Waals surface area contributed by atoms with Crippen molar-refractivity contribution in [3.8, 4) is 0 Å². The number of aryl methyl sites for hydroxylation is 2. The van der Waals surface area contributed by atoms with E-state index < -0.39 is 11.2 Å². The smallest absolute Gasteiger partial charge is 0.317 e. The summed E-state index contributed by atoms with van der Waals surface area (Å²) < 4.78 is 0. The van der Waals surface area contributed by atoms with E-state index >= 15 is 0 Å². The summed E-state index contributed by atoms with van der Waals surface area (Å²) in [5.74, 6) is -0.765. The van der Waals surface area contributed by atoms with Crippen molar-refractivity contribution in [2.45, 2.75) is 30.4 Å². The van der Waals surface area contributed by atoms with Crippen molar-refractivity contribution in [1.29, 1.82) is 0 Å². The van der Waals surface area contributed by atoms with Crippen molar-refractivity contribution in [2.75, 3.05) is 0 Å². The maximum Gasteiger partial charge on any atom is 0.317 e. The van der Waals surface area contributed by atoms with Crippen LogP contribution in [0, 0.1) is 13.8 Å². The van der Waals surface area contributed by atoms with Crippen LogP contribution in [0.25, 0.3) is 0 Å². The number of rotatable bonds is 5. The molecule has 2 aromatic carbocycles. The molecule has 2 rings (SSSR count). The third-order valence-electron chi connectivity index (χ3n) is 3.20. The van der Waals surface area contributed by atoms with Crippen LogP contribution in [-0.2, 0) is 11.2 Å². The van der Waals surface area contributed by atoms with Gasteiger partial charge in [0.25, 0.3) is 0 Å². The number of hydrogen-bond acceptors (Lipinski definition) is 2. The Morgan fingerprint density at radius 2 is 1.85 bits per heavy atom. The lowest BCUT2D eigenvalue weighted by atomic mass is 10.0. The van der Waals surface area contributed by atoms with Gasteiger partial charge in [-0.25, -0.2) is 0 Å². The molecule has 2 nitrogen and oxygen atoms in total. The second-order valence-corrected chi connectivity index (χ2v) is 6.17. The molecular weight excluding hydrogens is 268 g/mol. The molecule has 104 valence electrons. The van der Waals surface area contributed by atoms with Crippen LogP contribution in [0.3, 0.4) is 0 Å². The van der Waals surface area contributed by atoms with E-state index in [1.807, 2.05) is 56.3 Å². The first-order valence-corrected chi connectivity index (χ1v) is 7.45. The molecule has 3 heteroatoms. The van der Waals surface area contributed by atoms with Gasteiger partial charge >= 0.3 is 5.97 Å². The first kappa shape index (κ1) is 14.7. The van der Waals surface area contributed by atoms with Gasteiger partial charge in [0.15, 0.2) is 0 Å². The normalized spacial score (nSPS) is 12.1. The molecular formula is C17H18O2S. The minimum absolute atomic E-state index is 0.459. The molecule has 0 bridgehead atoms. The summed E-state index contributed by atoms with van der Waals surface area (Å²) in [6.07, 6.45) is 0.543. The number of carbonyl (C=O) groups is 1. The predicted molar refractivity (Wildman–Crippen MR) is 83.3 cm³/mol. The lowest BCUT2D eigenvalue weighted by molar-refractivity contribution is -0.136. The minimum atomic E-state index is -0.765. The van der Waals surface area contributed by atoms with Crippen molar-refractivity contribution in [3.05, 3.63) is 65.2 Å². The molecule has 0 fully saturated rings. The van der Waals surface area contributed by atoms with E-state index in [-0.39, 0.29) is 0 Å². The van der Waals surface area contributed by atoms with Crippen molar-refractivity contribution >= 4 is 17.7 Å². The summed E-state index contributed by atoms with van der Waals surface area (Å²) in [5, 5.41) is 8.96. The minimum Gasteiger partial charge on any atom is -0.480 e. The maximum atomic E-state index is 11.5. The van der Waals surface area contributed by atoms with Gasteiger partial charge in [0.1, 0.15) is 5.25 Å². The second-order valence-electron chi connectivity index (χ2n) is 4.89. The Labute approximate surface area is 123 Å². The Morgan fingerprint density at radius 1 is 1.15 bits per heavy atom. The third-order valence-corrected chi connectivity index (χ3v) is 4.40. The van der Waals surface area contributed by atoms with Gasteiger partial charge in [0.2, 0.25) is 0 Å². The molecule has 0 aliphatic rings. The van der Waals surface area contributed by atoms with Crippen LogP contribution in [0.15, 0.2) is 53.4 Å². The van der Waals surface area contributed by atoms with Crippen LogP contribution in [0.5, 0.6) is 0 Å². The van der Waals surface area contributed by atoms with Gasteiger partial charge in [-0.1, -0.05) is 42.0 Å². The third kappa shape index (κ3) is 3.87. The molecule has 1 N–H and O–H groups in total. The summed E-state index contributed by atoms with van der Waals surface area (Å²) in [6.45, 7) is 4.08. The average molecular weight is 286 g/mol. The van der Waals surface area contributed by atoms with Crippen LogP contribution in [0.2, 0.25) is 0 Å². The largest absolute Gasteiger partial charge is 0.480 e. The Kier molecular flexibility index (Phi) is 4.85. The first-order valence-electron chi connectivity index (χ1n) is 6.57. The van der Waals surface area contributed by atoms with E-state index in [9.17, 15) is 9.90 Å². The van der Waals surface area contributed by atoms with Gasteiger partial charge in [0.05, 0.1) is 0 Å². The molecule has 0 heterocycles. The van der Waals surface area contributed by atoms with Crippen LogP contribution in [0.4, 0.5) is 0 Å². The highest BCUT2D eigenvalue weighted by Crippen LogP contribution is 2.27. The number of carboxylic acids is 1. The number of aliphatic carboxylic acids is 1. The summed E-state index contributed by atoms with van der Waals surface area (Å²) in [4.78, 5) is 12.5. The molecule has 0 amide bonds. The quantitative estimate of drug-likeness (QED) is 0.841. The Balaban J connectivity index is 2.15. The van der Waals surface area contributed by atoms with Crippen molar-refractivity contribution in [2.24, 2.45) is 0 Å². The zero-order valence-electron chi connectivity index (χ0n) is 11.7. The zero-order chi connectivity index (χ0) is 14.5. The van der Waals surface area contributed by atoms with Gasteiger partial charge in [-0.05, 0) is 43.5 Å². The highest BCUT2D eigenvalue weighted by atomic mass is 32.2. The van der Waals surface area contributed by atoms with E-state index in [0.29, 0.717) is 6.42 Å². The van der Waals surface area contributed by atoms with Crippen LogP contribution < -0.4 is 0 Å². The standard InChI is InChI=1S/C17H18O2S/c1-12-8-9-14(13(2)10-12)11-16(17(18)19)20-15-6-4-3-5-7-15/h3-10,16H,11H2,1-2H3,(H,18,19)/t16-/m0/s1. The van der Waals surface area contributed by atoms with E-state index in [1.165, 1.54) is 17.3 Å². The summed E-state index contributed by atoms with van der Waals surface area (Å²) in [7, 11) is 0. The number of benzene rings is 2. The van der Waals surface area contributed by atoms with E-state index in [1.54, 1.807) is 0 Å². The Bertz CT molecular complexity index is 593. The SMILES string of the molecule is Cc1ccc(C[C@H](Sc2ccccc2)C(=O)O)c(C)c1. The van der Waals surface area contributed by atoms with Gasteiger partial charge in [-0.15, -0.1) is 11.8 Å². The van der Waals surface area contributed by atoms with Crippen molar-refractivity contribution in [1.82, 2.24) is 0 Å². The van der Waals surface area contributed by atoms with Crippen molar-refractivity contribution < 1.29 is 9.90 Å². The van der Waals surface area contributed by atoms with Crippen LogP contribution in [0.1, 0.15) is 16.7 Å². The molecule has 1 atom stereocenters. The number of hydrogen-bond donors (Lipinski definition) is 1. The molecule has 0 saturated heterocycles. The van der Waals surface area contributed by atoms with Gasteiger partial charge < -0.3 is 5.11 Å². The van der Waals surface area contributed by atoms with Crippen molar-refractivity contribution in [3.63, 3.8) is 0 Å².